The lowest BCUT2D eigenvalue weighted by Gasteiger charge is -2.27. The third-order valence-electron chi connectivity index (χ3n) is 5.05. The minimum Gasteiger partial charge on any atom is -0.359 e. The smallest absolute Gasteiger partial charge is 0.307 e. The van der Waals surface area contributed by atoms with Crippen molar-refractivity contribution in [2.24, 2.45) is 7.05 Å². The van der Waals surface area contributed by atoms with Crippen LogP contribution in [0, 0.1) is 6.92 Å². The zero-order chi connectivity index (χ0) is 19.2. The van der Waals surface area contributed by atoms with E-state index in [1.807, 2.05) is 13.0 Å². The molecule has 9 heteroatoms. The number of thiazole rings is 1. The predicted molar refractivity (Wildman–Crippen MR) is 103 cm³/mol. The summed E-state index contributed by atoms with van der Waals surface area (Å²) in [4.78, 5) is 12.0. The number of benzene rings is 1. The maximum atomic E-state index is 13.4. The molecule has 0 N–H and O–H groups in total. The number of sulfonamides is 1. The van der Waals surface area contributed by atoms with Gasteiger partial charge in [-0.2, -0.15) is 4.31 Å². The summed E-state index contributed by atoms with van der Waals surface area (Å²) in [5.74, 6) is 0.587. The highest BCUT2D eigenvalue weighted by Gasteiger charge is 2.35. The van der Waals surface area contributed by atoms with Gasteiger partial charge < -0.3 is 9.09 Å². The molecule has 3 heterocycles. The summed E-state index contributed by atoms with van der Waals surface area (Å²) in [5.41, 5.74) is 1.48. The van der Waals surface area contributed by atoms with E-state index in [-0.39, 0.29) is 15.8 Å². The van der Waals surface area contributed by atoms with Crippen molar-refractivity contribution in [2.45, 2.75) is 43.5 Å². The van der Waals surface area contributed by atoms with Crippen LogP contribution in [0.25, 0.3) is 10.2 Å². The van der Waals surface area contributed by atoms with Gasteiger partial charge in [0, 0.05) is 19.7 Å². The first kappa shape index (κ1) is 18.4. The molecule has 1 aliphatic heterocycles. The van der Waals surface area contributed by atoms with Gasteiger partial charge in [0.2, 0.25) is 10.0 Å². The van der Waals surface area contributed by atoms with Gasteiger partial charge in [0.1, 0.15) is 0 Å². The van der Waals surface area contributed by atoms with Crippen LogP contribution in [0.5, 0.6) is 0 Å². The number of rotatable bonds is 3. The van der Waals surface area contributed by atoms with Crippen molar-refractivity contribution in [1.82, 2.24) is 14.0 Å². The van der Waals surface area contributed by atoms with Gasteiger partial charge in [0.15, 0.2) is 5.76 Å². The van der Waals surface area contributed by atoms with Crippen LogP contribution < -0.4 is 4.87 Å². The normalized spacial score (nSPS) is 19.4. The van der Waals surface area contributed by atoms with Crippen LogP contribution in [0.1, 0.15) is 43.2 Å². The van der Waals surface area contributed by atoms with E-state index in [9.17, 15) is 13.2 Å². The molecule has 0 bridgehead atoms. The highest BCUT2D eigenvalue weighted by atomic mass is 32.2. The SMILES string of the molecule is Cc1cc([C@H]2CCCCCN2S(=O)(=O)c2ccc3c(c2)sc(=O)n3C)on1. The average molecular weight is 408 g/mol. The number of fused-ring (bicyclic) bond motifs is 1. The Balaban J connectivity index is 1.79. The van der Waals surface area contributed by atoms with Gasteiger partial charge >= 0.3 is 4.87 Å². The Morgan fingerprint density at radius 2 is 2.04 bits per heavy atom. The lowest BCUT2D eigenvalue weighted by Crippen LogP contribution is -2.34. The minimum absolute atomic E-state index is 0.107. The average Bonchev–Trinajstić information content (AvgIpc) is 3.07. The molecule has 4 rings (SSSR count). The highest BCUT2D eigenvalue weighted by molar-refractivity contribution is 7.89. The molecule has 1 aromatic carbocycles. The van der Waals surface area contributed by atoms with Crippen molar-refractivity contribution < 1.29 is 12.9 Å². The van der Waals surface area contributed by atoms with Crippen LogP contribution in [0.3, 0.4) is 0 Å². The molecule has 27 heavy (non-hydrogen) atoms. The van der Waals surface area contributed by atoms with Crippen molar-refractivity contribution in [3.8, 4) is 0 Å². The van der Waals surface area contributed by atoms with Gasteiger partial charge in [0.05, 0.1) is 26.8 Å². The fourth-order valence-electron chi connectivity index (χ4n) is 3.60. The fraction of sp³-hybridized carbons (Fsp3) is 0.444. The molecule has 1 atom stereocenters. The summed E-state index contributed by atoms with van der Waals surface area (Å²) in [6.45, 7) is 2.27. The summed E-state index contributed by atoms with van der Waals surface area (Å²) in [5, 5.41) is 3.93. The first-order valence-corrected chi connectivity index (χ1v) is 11.2. The van der Waals surface area contributed by atoms with Gasteiger partial charge in [-0.3, -0.25) is 4.79 Å². The van der Waals surface area contributed by atoms with Crippen molar-refractivity contribution >= 4 is 31.6 Å². The van der Waals surface area contributed by atoms with Crippen LogP contribution in [0.15, 0.2) is 38.5 Å². The van der Waals surface area contributed by atoms with E-state index in [0.717, 1.165) is 41.8 Å². The summed E-state index contributed by atoms with van der Waals surface area (Å²) >= 11 is 1.06. The van der Waals surface area contributed by atoms with Gasteiger partial charge in [0.25, 0.3) is 0 Å². The molecule has 3 aromatic rings. The van der Waals surface area contributed by atoms with E-state index >= 15 is 0 Å². The van der Waals surface area contributed by atoms with E-state index in [4.69, 9.17) is 4.52 Å². The topological polar surface area (TPSA) is 85.4 Å². The van der Waals surface area contributed by atoms with Crippen LogP contribution in [-0.4, -0.2) is 29.0 Å². The molecule has 1 saturated heterocycles. The summed E-state index contributed by atoms with van der Waals surface area (Å²) in [6.07, 6.45) is 3.43. The Kier molecular flexibility index (Phi) is 4.69. The second kappa shape index (κ2) is 6.88. The molecule has 0 spiro atoms. The molecule has 144 valence electrons. The molecule has 7 nitrogen and oxygen atoms in total. The van der Waals surface area contributed by atoms with Crippen molar-refractivity contribution in [3.05, 3.63) is 45.4 Å². The maximum absolute atomic E-state index is 13.4. The molecule has 1 aliphatic rings. The summed E-state index contributed by atoms with van der Waals surface area (Å²) in [7, 11) is -2.04. The highest BCUT2D eigenvalue weighted by Crippen LogP contribution is 2.35. The van der Waals surface area contributed by atoms with E-state index in [1.165, 1.54) is 8.87 Å². The van der Waals surface area contributed by atoms with Gasteiger partial charge in [-0.25, -0.2) is 8.42 Å². The fourth-order valence-corrected chi connectivity index (χ4v) is 6.29. The molecular formula is C18H21N3O4S2. The second-order valence-electron chi connectivity index (χ2n) is 6.91. The van der Waals surface area contributed by atoms with Crippen LogP contribution in [-0.2, 0) is 17.1 Å². The Bertz CT molecular complexity index is 1140. The molecule has 0 aliphatic carbocycles. The van der Waals surface area contributed by atoms with Crippen molar-refractivity contribution in [2.75, 3.05) is 6.54 Å². The number of nitrogens with zero attached hydrogens (tertiary/aromatic N) is 3. The monoisotopic (exact) mass is 407 g/mol. The zero-order valence-electron chi connectivity index (χ0n) is 15.2. The summed E-state index contributed by atoms with van der Waals surface area (Å²) in [6, 6.07) is 6.33. The Morgan fingerprint density at radius 1 is 1.22 bits per heavy atom. The zero-order valence-corrected chi connectivity index (χ0v) is 16.8. The Morgan fingerprint density at radius 3 is 2.78 bits per heavy atom. The van der Waals surface area contributed by atoms with Gasteiger partial charge in [-0.1, -0.05) is 29.3 Å². The number of hydrogen-bond donors (Lipinski definition) is 0. The van der Waals surface area contributed by atoms with E-state index < -0.39 is 10.0 Å². The molecular weight excluding hydrogens is 386 g/mol. The number of aryl methyl sites for hydroxylation is 2. The molecule has 0 unspecified atom stereocenters. The first-order valence-electron chi connectivity index (χ1n) is 8.92. The molecule has 1 fully saturated rings. The largest absolute Gasteiger partial charge is 0.359 e. The molecule has 0 amide bonds. The molecule has 0 saturated carbocycles. The predicted octanol–water partition coefficient (Wildman–Crippen LogP) is 3.20. The van der Waals surface area contributed by atoms with Crippen molar-refractivity contribution in [1.29, 1.82) is 0 Å². The number of hydrogen-bond acceptors (Lipinski definition) is 6. The second-order valence-corrected chi connectivity index (χ2v) is 9.79. The van der Waals surface area contributed by atoms with Crippen LogP contribution >= 0.6 is 11.3 Å². The third kappa shape index (κ3) is 3.24. The molecule has 2 aromatic heterocycles. The van der Waals surface area contributed by atoms with Crippen LogP contribution in [0.4, 0.5) is 0 Å². The van der Waals surface area contributed by atoms with E-state index in [0.29, 0.717) is 23.4 Å². The molecule has 0 radical (unpaired) electrons. The standard InChI is InChI=1S/C18H21N3O4S2/c1-12-10-16(25-19-12)14-6-4-3-5-9-21(14)27(23,24)13-7-8-15-17(11-13)26-18(22)20(15)2/h7-8,10-11,14H,3-6,9H2,1-2H3/t14-/m1/s1. The quantitative estimate of drug-likeness (QED) is 0.666. The Labute approximate surface area is 161 Å². The lowest BCUT2D eigenvalue weighted by molar-refractivity contribution is 0.258. The lowest BCUT2D eigenvalue weighted by atomic mass is 10.1. The number of aromatic nitrogens is 2. The van der Waals surface area contributed by atoms with E-state index in [1.54, 1.807) is 25.2 Å². The van der Waals surface area contributed by atoms with Crippen molar-refractivity contribution in [3.63, 3.8) is 0 Å². The minimum atomic E-state index is -3.73. The van der Waals surface area contributed by atoms with E-state index in [2.05, 4.69) is 5.16 Å². The summed E-state index contributed by atoms with van der Waals surface area (Å²) < 4.78 is 36.0. The first-order chi connectivity index (χ1) is 12.9. The Hall–Kier alpha value is -1.97. The van der Waals surface area contributed by atoms with Crippen LogP contribution in [0.2, 0.25) is 0 Å². The maximum Gasteiger partial charge on any atom is 0.307 e. The third-order valence-corrected chi connectivity index (χ3v) is 7.95. The van der Waals surface area contributed by atoms with Gasteiger partial charge in [-0.15, -0.1) is 0 Å². The van der Waals surface area contributed by atoms with Gasteiger partial charge in [-0.05, 0) is 38.0 Å².